The molecule has 4 atom stereocenters. The number of amides is 1. The maximum atomic E-state index is 12.3. The third-order valence-electron chi connectivity index (χ3n) is 4.04. The van der Waals surface area contributed by atoms with E-state index in [1.54, 1.807) is 11.9 Å². The molecule has 4 unspecified atom stereocenters. The molecule has 0 radical (unpaired) electrons. The Hall–Kier alpha value is -1.14. The molecular weight excluding hydrogens is 236 g/mol. The first-order valence-electron chi connectivity index (χ1n) is 6.33. The Morgan fingerprint density at radius 3 is 2.61 bits per heavy atom. The number of carboxylic acid groups (broad SMARTS) is 1. The van der Waals surface area contributed by atoms with Gasteiger partial charge in [-0.25, -0.2) is 0 Å². The van der Waals surface area contributed by atoms with Gasteiger partial charge in [0.2, 0.25) is 5.91 Å². The lowest BCUT2D eigenvalue weighted by Crippen LogP contribution is -2.46. The summed E-state index contributed by atoms with van der Waals surface area (Å²) in [5.41, 5.74) is 5.80. The van der Waals surface area contributed by atoms with Gasteiger partial charge in [-0.2, -0.15) is 0 Å². The average molecular weight is 256 g/mol. The number of carbonyl (C=O) groups is 2. The van der Waals surface area contributed by atoms with Gasteiger partial charge in [-0.15, -0.1) is 0 Å². The summed E-state index contributed by atoms with van der Waals surface area (Å²) >= 11 is 0. The van der Waals surface area contributed by atoms with Crippen LogP contribution in [0.5, 0.6) is 0 Å². The minimum atomic E-state index is -0.903. The second-order valence-corrected chi connectivity index (χ2v) is 5.27. The third-order valence-corrected chi connectivity index (χ3v) is 4.04. The van der Waals surface area contributed by atoms with E-state index in [9.17, 15) is 9.59 Å². The van der Waals surface area contributed by atoms with E-state index in [1.165, 1.54) is 0 Å². The normalized spacial score (nSPS) is 35.7. The highest BCUT2D eigenvalue weighted by Gasteiger charge is 2.40. The quantitative estimate of drug-likeness (QED) is 0.721. The minimum Gasteiger partial charge on any atom is -0.481 e. The van der Waals surface area contributed by atoms with Gasteiger partial charge < -0.3 is 20.5 Å². The van der Waals surface area contributed by atoms with Crippen molar-refractivity contribution in [2.75, 3.05) is 20.3 Å². The van der Waals surface area contributed by atoms with Crippen LogP contribution in [-0.4, -0.2) is 54.2 Å². The molecule has 6 heteroatoms. The van der Waals surface area contributed by atoms with Gasteiger partial charge in [0.1, 0.15) is 5.92 Å². The zero-order valence-corrected chi connectivity index (χ0v) is 10.5. The van der Waals surface area contributed by atoms with Gasteiger partial charge in [-0.05, 0) is 19.3 Å². The Balaban J connectivity index is 2.00. The highest BCUT2D eigenvalue weighted by Crippen LogP contribution is 2.28. The summed E-state index contributed by atoms with van der Waals surface area (Å²) in [5, 5.41) is 9.08. The van der Waals surface area contributed by atoms with Gasteiger partial charge in [0.05, 0.1) is 19.3 Å². The number of aliphatic carboxylic acids is 1. The van der Waals surface area contributed by atoms with Crippen LogP contribution in [0.25, 0.3) is 0 Å². The second-order valence-electron chi connectivity index (χ2n) is 5.27. The molecule has 102 valence electrons. The Morgan fingerprint density at radius 1 is 1.33 bits per heavy atom. The topological polar surface area (TPSA) is 92.9 Å². The number of ether oxygens (including phenoxy) is 1. The van der Waals surface area contributed by atoms with Crippen LogP contribution >= 0.6 is 0 Å². The summed E-state index contributed by atoms with van der Waals surface area (Å²) in [6.07, 6.45) is 2.37. The molecule has 1 aliphatic heterocycles. The zero-order valence-electron chi connectivity index (χ0n) is 10.5. The van der Waals surface area contributed by atoms with E-state index in [4.69, 9.17) is 15.6 Å². The van der Waals surface area contributed by atoms with E-state index in [0.717, 1.165) is 12.8 Å². The highest BCUT2D eigenvalue weighted by atomic mass is 16.5. The van der Waals surface area contributed by atoms with Crippen LogP contribution in [0.15, 0.2) is 0 Å². The first-order valence-corrected chi connectivity index (χ1v) is 6.33. The van der Waals surface area contributed by atoms with Crippen molar-refractivity contribution in [1.82, 2.24) is 4.90 Å². The molecule has 0 spiro atoms. The highest BCUT2D eigenvalue weighted by molar-refractivity contribution is 5.80. The van der Waals surface area contributed by atoms with Gasteiger partial charge in [-0.3, -0.25) is 9.59 Å². The first kappa shape index (κ1) is 13.3. The van der Waals surface area contributed by atoms with E-state index >= 15 is 0 Å². The minimum absolute atomic E-state index is 0.00435. The number of carboxylic acids is 1. The summed E-state index contributed by atoms with van der Waals surface area (Å²) in [4.78, 5) is 24.9. The summed E-state index contributed by atoms with van der Waals surface area (Å²) < 4.78 is 5.19. The van der Waals surface area contributed by atoms with Crippen molar-refractivity contribution in [1.29, 1.82) is 0 Å². The number of carbonyl (C=O) groups excluding carboxylic acids is 1. The molecule has 1 saturated carbocycles. The van der Waals surface area contributed by atoms with Gasteiger partial charge in [0.25, 0.3) is 0 Å². The molecular formula is C12H20N2O4. The number of nitrogens with zero attached hydrogens (tertiary/aromatic N) is 1. The third kappa shape index (κ3) is 2.49. The van der Waals surface area contributed by atoms with Gasteiger partial charge in [0, 0.05) is 19.0 Å². The van der Waals surface area contributed by atoms with Crippen molar-refractivity contribution in [3.8, 4) is 0 Å². The molecule has 2 rings (SSSR count). The largest absolute Gasteiger partial charge is 0.481 e. The molecule has 6 nitrogen and oxygen atoms in total. The lowest BCUT2D eigenvalue weighted by atomic mass is 10.00. The fraction of sp³-hybridized carbons (Fsp3) is 0.833. The molecule has 0 aromatic rings. The number of likely N-dealkylation sites (N-methyl/N-ethyl adjacent to an activating group) is 1. The fourth-order valence-electron chi connectivity index (χ4n) is 2.85. The van der Waals surface area contributed by atoms with Crippen LogP contribution in [-0.2, 0) is 14.3 Å². The average Bonchev–Trinajstić information content (AvgIpc) is 2.95. The Kier molecular flexibility index (Phi) is 3.87. The van der Waals surface area contributed by atoms with Crippen LogP contribution in [0.4, 0.5) is 0 Å². The van der Waals surface area contributed by atoms with Crippen molar-refractivity contribution in [2.45, 2.75) is 31.3 Å². The molecule has 0 aromatic heterocycles. The van der Waals surface area contributed by atoms with Crippen LogP contribution in [0.3, 0.4) is 0 Å². The number of rotatable bonds is 3. The molecule has 18 heavy (non-hydrogen) atoms. The monoisotopic (exact) mass is 256 g/mol. The molecule has 2 fully saturated rings. The SMILES string of the molecule is CN(C(=O)C1CCC(N)C1)C1COCC1C(=O)O. The van der Waals surface area contributed by atoms with Crippen molar-refractivity contribution in [3.05, 3.63) is 0 Å². The summed E-state index contributed by atoms with van der Waals surface area (Å²) in [6.45, 7) is 0.486. The standard InChI is InChI=1S/C12H20N2O4/c1-14(10-6-18-5-9(10)12(16)17)11(15)7-2-3-8(13)4-7/h7-10H,2-6,13H2,1H3,(H,16,17). The van der Waals surface area contributed by atoms with Crippen molar-refractivity contribution in [3.63, 3.8) is 0 Å². The second kappa shape index (κ2) is 5.24. The Bertz CT molecular complexity index is 347. The van der Waals surface area contributed by atoms with Crippen LogP contribution < -0.4 is 5.73 Å². The molecule has 1 amide bonds. The van der Waals surface area contributed by atoms with Crippen molar-refractivity contribution >= 4 is 11.9 Å². The van der Waals surface area contributed by atoms with Crippen molar-refractivity contribution in [2.24, 2.45) is 17.6 Å². The molecule has 1 heterocycles. The lowest BCUT2D eigenvalue weighted by molar-refractivity contribution is -0.145. The summed E-state index contributed by atoms with van der Waals surface area (Å²) in [5.74, 6) is -1.57. The summed E-state index contributed by atoms with van der Waals surface area (Å²) in [7, 11) is 1.67. The molecule has 1 aliphatic carbocycles. The number of nitrogens with two attached hydrogens (primary N) is 1. The lowest BCUT2D eigenvalue weighted by Gasteiger charge is -2.28. The van der Waals surface area contributed by atoms with Crippen LogP contribution in [0, 0.1) is 11.8 Å². The van der Waals surface area contributed by atoms with Gasteiger partial charge in [0.15, 0.2) is 0 Å². The van der Waals surface area contributed by atoms with E-state index in [2.05, 4.69) is 0 Å². The molecule has 3 N–H and O–H groups in total. The van der Waals surface area contributed by atoms with Gasteiger partial charge in [-0.1, -0.05) is 0 Å². The van der Waals surface area contributed by atoms with Crippen LogP contribution in [0.1, 0.15) is 19.3 Å². The maximum Gasteiger partial charge on any atom is 0.311 e. The summed E-state index contributed by atoms with van der Waals surface area (Å²) in [6, 6.07) is -0.255. The Labute approximate surface area is 106 Å². The first-order chi connectivity index (χ1) is 8.50. The van der Waals surface area contributed by atoms with E-state index in [-0.39, 0.29) is 30.5 Å². The molecule has 0 aromatic carbocycles. The zero-order chi connectivity index (χ0) is 13.3. The predicted molar refractivity (Wildman–Crippen MR) is 63.8 cm³/mol. The number of hydrogen-bond acceptors (Lipinski definition) is 4. The molecule has 1 saturated heterocycles. The fourth-order valence-corrected chi connectivity index (χ4v) is 2.85. The van der Waals surface area contributed by atoms with E-state index < -0.39 is 11.9 Å². The Morgan fingerprint density at radius 2 is 2.06 bits per heavy atom. The molecule has 2 aliphatic rings. The molecule has 0 bridgehead atoms. The number of hydrogen-bond donors (Lipinski definition) is 2. The smallest absolute Gasteiger partial charge is 0.311 e. The predicted octanol–water partition coefficient (Wildman–Crippen LogP) is -0.328. The maximum absolute atomic E-state index is 12.3. The van der Waals surface area contributed by atoms with E-state index in [1.807, 2.05) is 0 Å². The van der Waals surface area contributed by atoms with E-state index in [0.29, 0.717) is 13.0 Å². The van der Waals surface area contributed by atoms with Gasteiger partial charge >= 0.3 is 5.97 Å². The van der Waals surface area contributed by atoms with Crippen molar-refractivity contribution < 1.29 is 19.4 Å². The van der Waals surface area contributed by atoms with Crippen LogP contribution in [0.2, 0.25) is 0 Å².